The van der Waals surface area contributed by atoms with Gasteiger partial charge in [0.1, 0.15) is 5.82 Å². The van der Waals surface area contributed by atoms with Crippen LogP contribution in [0.25, 0.3) is 0 Å². The van der Waals surface area contributed by atoms with E-state index in [-0.39, 0.29) is 11.0 Å². The molecule has 0 aliphatic heterocycles. The van der Waals surface area contributed by atoms with Crippen LogP contribution in [0.3, 0.4) is 0 Å². The quantitative estimate of drug-likeness (QED) is 0.880. The summed E-state index contributed by atoms with van der Waals surface area (Å²) in [5, 5.41) is 0. The largest absolute Gasteiger partial charge is 0.324 e. The second kappa shape index (κ2) is 3.00. The van der Waals surface area contributed by atoms with Crippen LogP contribution in [0.5, 0.6) is 0 Å². The van der Waals surface area contributed by atoms with Crippen molar-refractivity contribution in [1.29, 1.82) is 0 Å². The number of rotatable bonds is 2. The second-order valence-corrected chi connectivity index (χ2v) is 5.42. The Morgan fingerprint density at radius 1 is 1.36 bits per heavy atom. The van der Waals surface area contributed by atoms with Crippen molar-refractivity contribution in [3.8, 4) is 0 Å². The lowest BCUT2D eigenvalue weighted by Gasteiger charge is -2.29. The molecule has 0 spiro atoms. The van der Waals surface area contributed by atoms with Crippen molar-refractivity contribution < 1.29 is 0 Å². The van der Waals surface area contributed by atoms with Gasteiger partial charge in [0, 0.05) is 23.3 Å². The molecule has 1 aromatic rings. The zero-order chi connectivity index (χ0) is 10.4. The maximum atomic E-state index is 6.20. The molecule has 1 aliphatic carbocycles. The van der Waals surface area contributed by atoms with Gasteiger partial charge in [-0.2, -0.15) is 0 Å². The number of halogens is 1. The minimum atomic E-state index is -0.131. The van der Waals surface area contributed by atoms with E-state index in [1.807, 2.05) is 0 Å². The van der Waals surface area contributed by atoms with Crippen molar-refractivity contribution in [2.24, 2.45) is 5.73 Å². The van der Waals surface area contributed by atoms with Crippen LogP contribution in [0.1, 0.15) is 32.5 Å². The highest BCUT2D eigenvalue weighted by Gasteiger charge is 2.53. The van der Waals surface area contributed by atoms with Gasteiger partial charge in [-0.25, -0.2) is 9.97 Å². The monoisotopic (exact) mass is 255 g/mol. The zero-order valence-corrected chi connectivity index (χ0v) is 10.0. The molecular formula is C10H14BrN3. The van der Waals surface area contributed by atoms with Crippen LogP contribution in [-0.2, 0) is 5.41 Å². The van der Waals surface area contributed by atoms with E-state index < -0.39 is 0 Å². The van der Waals surface area contributed by atoms with E-state index in [0.717, 1.165) is 23.1 Å². The first-order valence-electron chi connectivity index (χ1n) is 4.73. The van der Waals surface area contributed by atoms with Gasteiger partial charge in [-0.05, 0) is 28.8 Å². The normalized spacial score (nSPS) is 19.4. The number of nitrogens with two attached hydrogens (primary N) is 1. The highest BCUT2D eigenvalue weighted by Crippen LogP contribution is 2.47. The summed E-state index contributed by atoms with van der Waals surface area (Å²) < 4.78 is 0.902. The van der Waals surface area contributed by atoms with Gasteiger partial charge in [0.15, 0.2) is 0 Å². The van der Waals surface area contributed by atoms with Gasteiger partial charge in [-0.3, -0.25) is 0 Å². The molecule has 0 saturated heterocycles. The average molecular weight is 256 g/mol. The molecule has 3 nitrogen and oxygen atoms in total. The Kier molecular flexibility index (Phi) is 2.16. The van der Waals surface area contributed by atoms with Crippen LogP contribution in [0, 0.1) is 0 Å². The predicted molar refractivity (Wildman–Crippen MR) is 58.9 cm³/mol. The first-order chi connectivity index (χ1) is 6.46. The molecule has 1 heterocycles. The third kappa shape index (κ3) is 1.46. The summed E-state index contributed by atoms with van der Waals surface area (Å²) in [7, 11) is 0. The van der Waals surface area contributed by atoms with E-state index in [1.54, 1.807) is 12.4 Å². The molecule has 76 valence electrons. The summed E-state index contributed by atoms with van der Waals surface area (Å²) in [5.74, 6) is 0.834. The molecule has 0 atom stereocenters. The predicted octanol–water partition coefficient (Wildman–Crippen LogP) is 2.01. The first-order valence-corrected chi connectivity index (χ1v) is 5.52. The van der Waals surface area contributed by atoms with E-state index in [1.165, 1.54) is 0 Å². The molecule has 0 radical (unpaired) electrons. The van der Waals surface area contributed by atoms with Gasteiger partial charge in [0.25, 0.3) is 0 Å². The Bertz CT molecular complexity index is 341. The summed E-state index contributed by atoms with van der Waals surface area (Å²) in [6, 6.07) is 0. The number of nitrogens with zero attached hydrogens (tertiary/aromatic N) is 2. The smallest absolute Gasteiger partial charge is 0.135 e. The Labute approximate surface area is 92.3 Å². The Morgan fingerprint density at radius 3 is 2.29 bits per heavy atom. The molecule has 2 rings (SSSR count). The minimum Gasteiger partial charge on any atom is -0.324 e. The Morgan fingerprint density at radius 2 is 1.86 bits per heavy atom. The zero-order valence-electron chi connectivity index (χ0n) is 8.42. The summed E-state index contributed by atoms with van der Waals surface area (Å²) in [6.45, 7) is 4.23. The Balaban J connectivity index is 2.34. The van der Waals surface area contributed by atoms with Crippen molar-refractivity contribution >= 4 is 15.9 Å². The molecule has 14 heavy (non-hydrogen) atoms. The van der Waals surface area contributed by atoms with Crippen LogP contribution in [-0.4, -0.2) is 15.5 Å². The van der Waals surface area contributed by atoms with E-state index in [9.17, 15) is 0 Å². The summed E-state index contributed by atoms with van der Waals surface area (Å²) in [4.78, 5) is 8.64. The van der Waals surface area contributed by atoms with Crippen LogP contribution in [0.4, 0.5) is 0 Å². The molecular weight excluding hydrogens is 242 g/mol. The van der Waals surface area contributed by atoms with Crippen molar-refractivity contribution in [1.82, 2.24) is 9.97 Å². The third-order valence-corrected chi connectivity index (χ3v) is 3.62. The SMILES string of the molecule is CC(C)(c1ncc(Br)cn1)C1(N)CC1. The highest BCUT2D eigenvalue weighted by molar-refractivity contribution is 9.10. The van der Waals surface area contributed by atoms with E-state index in [0.29, 0.717) is 0 Å². The highest BCUT2D eigenvalue weighted by atomic mass is 79.9. The van der Waals surface area contributed by atoms with Gasteiger partial charge in [-0.15, -0.1) is 0 Å². The lowest BCUT2D eigenvalue weighted by atomic mass is 9.81. The molecule has 0 bridgehead atoms. The van der Waals surface area contributed by atoms with Crippen LogP contribution >= 0.6 is 15.9 Å². The second-order valence-electron chi connectivity index (χ2n) is 4.51. The fourth-order valence-corrected chi connectivity index (χ4v) is 1.82. The molecule has 0 aromatic carbocycles. The average Bonchev–Trinajstić information content (AvgIpc) is 2.86. The van der Waals surface area contributed by atoms with Gasteiger partial charge in [-0.1, -0.05) is 13.8 Å². The fourth-order valence-electron chi connectivity index (χ4n) is 1.62. The maximum absolute atomic E-state index is 6.20. The summed E-state index contributed by atoms with van der Waals surface area (Å²) in [5.41, 5.74) is 5.98. The molecule has 0 amide bonds. The van der Waals surface area contributed by atoms with Gasteiger partial charge >= 0.3 is 0 Å². The molecule has 1 aromatic heterocycles. The molecule has 1 aliphatic rings. The lowest BCUT2D eigenvalue weighted by Crippen LogP contribution is -2.44. The summed E-state index contributed by atoms with van der Waals surface area (Å²) >= 11 is 3.32. The molecule has 1 fully saturated rings. The van der Waals surface area contributed by atoms with E-state index in [2.05, 4.69) is 39.7 Å². The van der Waals surface area contributed by atoms with Gasteiger partial charge in [0.05, 0.1) is 4.47 Å². The standard InChI is InChI=1S/C10H14BrN3/c1-9(2,10(12)3-4-10)8-13-5-7(11)6-14-8/h5-6H,3-4,12H2,1-2H3. The summed E-state index contributed by atoms with van der Waals surface area (Å²) in [6.07, 6.45) is 5.69. The Hall–Kier alpha value is -0.480. The van der Waals surface area contributed by atoms with Crippen LogP contribution < -0.4 is 5.73 Å². The molecule has 0 unspecified atom stereocenters. The maximum Gasteiger partial charge on any atom is 0.135 e. The van der Waals surface area contributed by atoms with Crippen molar-refractivity contribution in [2.75, 3.05) is 0 Å². The van der Waals surface area contributed by atoms with E-state index >= 15 is 0 Å². The lowest BCUT2D eigenvalue weighted by molar-refractivity contribution is 0.369. The van der Waals surface area contributed by atoms with Gasteiger partial charge < -0.3 is 5.73 Å². The van der Waals surface area contributed by atoms with Crippen molar-refractivity contribution in [3.05, 3.63) is 22.7 Å². The van der Waals surface area contributed by atoms with Crippen molar-refractivity contribution in [3.63, 3.8) is 0 Å². The van der Waals surface area contributed by atoms with E-state index in [4.69, 9.17) is 5.73 Å². The third-order valence-electron chi connectivity index (χ3n) is 3.21. The number of hydrogen-bond donors (Lipinski definition) is 1. The van der Waals surface area contributed by atoms with Crippen LogP contribution in [0.15, 0.2) is 16.9 Å². The molecule has 4 heteroatoms. The van der Waals surface area contributed by atoms with Crippen LogP contribution in [0.2, 0.25) is 0 Å². The minimum absolute atomic E-state index is 0.0964. The first kappa shape index (κ1) is 10.1. The molecule has 2 N–H and O–H groups in total. The van der Waals surface area contributed by atoms with Gasteiger partial charge in [0.2, 0.25) is 0 Å². The topological polar surface area (TPSA) is 51.8 Å². The fraction of sp³-hybridized carbons (Fsp3) is 0.600. The number of hydrogen-bond acceptors (Lipinski definition) is 3. The molecule has 1 saturated carbocycles. The number of aromatic nitrogens is 2. The van der Waals surface area contributed by atoms with Crippen molar-refractivity contribution in [2.45, 2.75) is 37.6 Å².